The van der Waals surface area contributed by atoms with Gasteiger partial charge in [-0.3, -0.25) is 0 Å². The second-order valence-electron chi connectivity index (χ2n) is 5.62. The molecule has 5 nitrogen and oxygen atoms in total. The molecule has 1 aromatic heterocycles. The molecule has 7 heteroatoms. The Bertz CT molecular complexity index is 814. The molecule has 1 saturated heterocycles. The van der Waals surface area contributed by atoms with Crippen molar-refractivity contribution in [2.24, 2.45) is 0 Å². The van der Waals surface area contributed by atoms with E-state index in [-0.39, 0.29) is 6.04 Å². The number of ether oxygens (including phenoxy) is 1. The van der Waals surface area contributed by atoms with Crippen molar-refractivity contribution in [1.82, 2.24) is 9.29 Å². The third-order valence-electron chi connectivity index (χ3n) is 4.11. The molecule has 0 spiro atoms. The van der Waals surface area contributed by atoms with Crippen molar-refractivity contribution in [2.45, 2.75) is 36.9 Å². The molecule has 1 atom stereocenters. The zero-order chi connectivity index (χ0) is 16.6. The first kappa shape index (κ1) is 16.4. The number of para-hydroxylation sites is 1. The number of nitrogens with zero attached hydrogens (tertiary/aromatic N) is 2. The average molecular weight is 352 g/mol. The molecule has 1 aliphatic heterocycles. The van der Waals surface area contributed by atoms with E-state index in [4.69, 9.17) is 4.74 Å². The Morgan fingerprint density at radius 3 is 2.70 bits per heavy atom. The van der Waals surface area contributed by atoms with Crippen LogP contribution in [-0.4, -0.2) is 31.4 Å². The van der Waals surface area contributed by atoms with Crippen LogP contribution in [0, 0.1) is 13.8 Å². The maximum absolute atomic E-state index is 13.1. The molecule has 1 aliphatic rings. The lowest BCUT2D eigenvalue weighted by molar-refractivity contribution is 0.367. The lowest BCUT2D eigenvalue weighted by Crippen LogP contribution is -2.30. The van der Waals surface area contributed by atoms with E-state index in [2.05, 4.69) is 4.98 Å². The van der Waals surface area contributed by atoms with Crippen LogP contribution in [0.1, 0.15) is 35.1 Å². The topological polar surface area (TPSA) is 59.5 Å². The standard InChI is InChI=1S/C16H20N2O3S2/c1-11-16(22-12(2)17-11)23(19,20)18-10-6-8-14(18)13-7-4-5-9-15(13)21-3/h4-5,7,9,14H,6,8,10H2,1-3H3/t14-/m0/s1. The number of hydrogen-bond donors (Lipinski definition) is 0. The zero-order valence-corrected chi connectivity index (χ0v) is 15.1. The smallest absolute Gasteiger partial charge is 0.255 e. The zero-order valence-electron chi connectivity index (χ0n) is 13.4. The summed E-state index contributed by atoms with van der Waals surface area (Å²) in [4.78, 5) is 4.27. The van der Waals surface area contributed by atoms with Crippen LogP contribution in [-0.2, 0) is 10.0 Å². The van der Waals surface area contributed by atoms with E-state index in [1.165, 1.54) is 11.3 Å². The molecule has 0 amide bonds. The van der Waals surface area contributed by atoms with Crippen LogP contribution in [0.25, 0.3) is 0 Å². The van der Waals surface area contributed by atoms with Gasteiger partial charge in [-0.2, -0.15) is 4.31 Å². The van der Waals surface area contributed by atoms with Crippen LogP contribution in [0.2, 0.25) is 0 Å². The second-order valence-corrected chi connectivity index (χ2v) is 8.91. The van der Waals surface area contributed by atoms with Crippen LogP contribution in [0.3, 0.4) is 0 Å². The van der Waals surface area contributed by atoms with Crippen molar-refractivity contribution >= 4 is 21.4 Å². The maximum Gasteiger partial charge on any atom is 0.255 e. The summed E-state index contributed by atoms with van der Waals surface area (Å²) in [5, 5.41) is 0.772. The Kier molecular flexibility index (Phi) is 4.44. The van der Waals surface area contributed by atoms with Gasteiger partial charge in [0, 0.05) is 12.1 Å². The van der Waals surface area contributed by atoms with Gasteiger partial charge in [-0.25, -0.2) is 13.4 Å². The molecule has 0 aliphatic carbocycles. The van der Waals surface area contributed by atoms with E-state index in [1.54, 1.807) is 18.3 Å². The molecule has 2 heterocycles. The van der Waals surface area contributed by atoms with Crippen molar-refractivity contribution in [3.8, 4) is 5.75 Å². The first-order valence-electron chi connectivity index (χ1n) is 7.54. The molecule has 124 valence electrons. The van der Waals surface area contributed by atoms with E-state index < -0.39 is 10.0 Å². The van der Waals surface area contributed by atoms with Gasteiger partial charge in [0.2, 0.25) is 0 Å². The second kappa shape index (κ2) is 6.22. The van der Waals surface area contributed by atoms with Gasteiger partial charge in [0.25, 0.3) is 10.0 Å². The number of rotatable bonds is 4. The van der Waals surface area contributed by atoms with Crippen LogP contribution in [0.5, 0.6) is 5.75 Å². The molecule has 23 heavy (non-hydrogen) atoms. The molecule has 0 saturated carbocycles. The van der Waals surface area contributed by atoms with E-state index in [0.717, 1.165) is 29.2 Å². The SMILES string of the molecule is COc1ccccc1[C@@H]1CCCN1S(=O)(=O)c1sc(C)nc1C. The number of aromatic nitrogens is 1. The van der Waals surface area contributed by atoms with Gasteiger partial charge >= 0.3 is 0 Å². The van der Waals surface area contributed by atoms with Gasteiger partial charge in [0.1, 0.15) is 5.75 Å². The van der Waals surface area contributed by atoms with Crippen molar-refractivity contribution < 1.29 is 13.2 Å². The summed E-state index contributed by atoms with van der Waals surface area (Å²) in [5.74, 6) is 0.733. The predicted octanol–water partition coefficient (Wildman–Crippen LogP) is 3.29. The maximum atomic E-state index is 13.1. The van der Waals surface area contributed by atoms with Gasteiger partial charge in [0.05, 0.1) is 23.9 Å². The van der Waals surface area contributed by atoms with E-state index in [0.29, 0.717) is 16.4 Å². The molecule has 3 rings (SSSR count). The number of benzene rings is 1. The predicted molar refractivity (Wildman–Crippen MR) is 90.4 cm³/mol. The normalized spacial score (nSPS) is 19.2. The first-order valence-corrected chi connectivity index (χ1v) is 9.79. The molecule has 0 unspecified atom stereocenters. The Labute approximate surface area is 141 Å². The molecular formula is C16H20N2O3S2. The number of hydrogen-bond acceptors (Lipinski definition) is 5. The molecule has 2 aromatic rings. The number of thiazole rings is 1. The summed E-state index contributed by atoms with van der Waals surface area (Å²) in [6.07, 6.45) is 1.65. The summed E-state index contributed by atoms with van der Waals surface area (Å²) in [7, 11) is -1.92. The first-order chi connectivity index (χ1) is 10.9. The quantitative estimate of drug-likeness (QED) is 0.847. The van der Waals surface area contributed by atoms with Gasteiger partial charge in [-0.05, 0) is 32.8 Å². The van der Waals surface area contributed by atoms with Gasteiger partial charge in [0.15, 0.2) is 4.21 Å². The Morgan fingerprint density at radius 2 is 2.04 bits per heavy atom. The summed E-state index contributed by atoms with van der Waals surface area (Å²) in [5.41, 5.74) is 1.51. The number of aryl methyl sites for hydroxylation is 2. The fourth-order valence-electron chi connectivity index (χ4n) is 3.14. The monoisotopic (exact) mass is 352 g/mol. The minimum absolute atomic E-state index is 0.182. The third kappa shape index (κ3) is 2.88. The highest BCUT2D eigenvalue weighted by atomic mass is 32.2. The summed E-state index contributed by atoms with van der Waals surface area (Å²) >= 11 is 1.24. The highest BCUT2D eigenvalue weighted by molar-refractivity contribution is 7.91. The Morgan fingerprint density at radius 1 is 1.30 bits per heavy atom. The molecule has 0 N–H and O–H groups in total. The lowest BCUT2D eigenvalue weighted by atomic mass is 10.0. The van der Waals surface area contributed by atoms with Crippen LogP contribution in [0.4, 0.5) is 0 Å². The Hall–Kier alpha value is -1.44. The van der Waals surface area contributed by atoms with Crippen molar-refractivity contribution in [3.05, 3.63) is 40.5 Å². The van der Waals surface area contributed by atoms with Crippen molar-refractivity contribution in [2.75, 3.05) is 13.7 Å². The molecule has 0 radical (unpaired) electrons. The minimum atomic E-state index is -3.54. The van der Waals surface area contributed by atoms with Crippen molar-refractivity contribution in [3.63, 3.8) is 0 Å². The van der Waals surface area contributed by atoms with Crippen LogP contribution >= 0.6 is 11.3 Å². The van der Waals surface area contributed by atoms with E-state index in [9.17, 15) is 8.42 Å². The number of sulfonamides is 1. The van der Waals surface area contributed by atoms with Gasteiger partial charge < -0.3 is 4.74 Å². The molecule has 0 bridgehead atoms. The van der Waals surface area contributed by atoms with Crippen molar-refractivity contribution in [1.29, 1.82) is 0 Å². The largest absolute Gasteiger partial charge is 0.496 e. The highest BCUT2D eigenvalue weighted by Crippen LogP contribution is 2.41. The summed E-state index contributed by atoms with van der Waals surface area (Å²) < 4.78 is 33.6. The molecule has 1 aromatic carbocycles. The van der Waals surface area contributed by atoms with Crippen LogP contribution in [0.15, 0.2) is 28.5 Å². The summed E-state index contributed by atoms with van der Waals surface area (Å²) in [6, 6.07) is 7.46. The summed E-state index contributed by atoms with van der Waals surface area (Å²) in [6.45, 7) is 4.12. The fourth-order valence-corrected chi connectivity index (χ4v) is 6.41. The van der Waals surface area contributed by atoms with Gasteiger partial charge in [-0.1, -0.05) is 18.2 Å². The minimum Gasteiger partial charge on any atom is -0.496 e. The highest BCUT2D eigenvalue weighted by Gasteiger charge is 2.39. The molecular weight excluding hydrogens is 332 g/mol. The van der Waals surface area contributed by atoms with Gasteiger partial charge in [-0.15, -0.1) is 11.3 Å². The Balaban J connectivity index is 2.03. The van der Waals surface area contributed by atoms with Crippen LogP contribution < -0.4 is 4.74 Å². The van der Waals surface area contributed by atoms with E-state index >= 15 is 0 Å². The lowest BCUT2D eigenvalue weighted by Gasteiger charge is -2.25. The molecule has 1 fully saturated rings. The third-order valence-corrected chi connectivity index (χ3v) is 7.67. The van der Waals surface area contributed by atoms with E-state index in [1.807, 2.05) is 31.2 Å². The average Bonchev–Trinajstić information content (AvgIpc) is 3.14. The number of methoxy groups -OCH3 is 1. The fraction of sp³-hybridized carbons (Fsp3) is 0.438.